The summed E-state index contributed by atoms with van der Waals surface area (Å²) in [7, 11) is 0. The van der Waals surface area contributed by atoms with Crippen molar-refractivity contribution in [1.82, 2.24) is 5.16 Å². The molecule has 0 saturated heterocycles. The molecule has 2 aromatic rings. The Kier molecular flexibility index (Phi) is 1.48. The summed E-state index contributed by atoms with van der Waals surface area (Å²) in [6.07, 6.45) is 0. The lowest BCUT2D eigenvalue weighted by Crippen LogP contribution is -1.94. The van der Waals surface area contributed by atoms with Crippen molar-refractivity contribution in [3.63, 3.8) is 0 Å². The summed E-state index contributed by atoms with van der Waals surface area (Å²) in [5, 5.41) is 4.47. The Balaban J connectivity index is 2.69. The van der Waals surface area contributed by atoms with Gasteiger partial charge >= 0.3 is 0 Å². The van der Waals surface area contributed by atoms with Crippen LogP contribution in [0.25, 0.3) is 11.0 Å². The fourth-order valence-corrected chi connectivity index (χ4v) is 1.13. The molecule has 0 bridgehead atoms. The van der Waals surface area contributed by atoms with Crippen molar-refractivity contribution >= 4 is 16.8 Å². The fourth-order valence-electron chi connectivity index (χ4n) is 1.13. The summed E-state index contributed by atoms with van der Waals surface area (Å²) in [5.74, 6) is 0.425. The molecule has 0 saturated carbocycles. The minimum absolute atomic E-state index is 0.425. The Morgan fingerprint density at radius 2 is 2.25 bits per heavy atom. The predicted molar refractivity (Wildman–Crippen MR) is 46.3 cm³/mol. The van der Waals surface area contributed by atoms with Gasteiger partial charge in [0.25, 0.3) is 0 Å². The van der Waals surface area contributed by atoms with Crippen LogP contribution in [0.4, 0.5) is 5.82 Å². The second-order valence-electron chi connectivity index (χ2n) is 2.60. The van der Waals surface area contributed by atoms with Gasteiger partial charge in [0, 0.05) is 6.54 Å². The van der Waals surface area contributed by atoms with E-state index in [2.05, 4.69) is 5.16 Å². The van der Waals surface area contributed by atoms with Gasteiger partial charge in [-0.2, -0.15) is 0 Å². The van der Waals surface area contributed by atoms with Crippen LogP contribution < -0.4 is 11.5 Å². The van der Waals surface area contributed by atoms with E-state index in [1.807, 2.05) is 18.2 Å². The molecule has 0 aliphatic carbocycles. The molecule has 1 aromatic heterocycles. The number of nitrogens with zero attached hydrogens (tertiary/aromatic N) is 1. The Morgan fingerprint density at radius 3 is 3.00 bits per heavy atom. The highest BCUT2D eigenvalue weighted by molar-refractivity contribution is 5.87. The molecule has 0 amide bonds. The van der Waals surface area contributed by atoms with Gasteiger partial charge in [0.05, 0.1) is 5.39 Å². The van der Waals surface area contributed by atoms with Gasteiger partial charge in [-0.15, -0.1) is 0 Å². The smallest absolute Gasteiger partial charge is 0.174 e. The summed E-state index contributed by atoms with van der Waals surface area (Å²) >= 11 is 0. The van der Waals surface area contributed by atoms with E-state index in [0.29, 0.717) is 17.9 Å². The van der Waals surface area contributed by atoms with E-state index in [-0.39, 0.29) is 0 Å². The lowest BCUT2D eigenvalue weighted by atomic mass is 10.2. The summed E-state index contributed by atoms with van der Waals surface area (Å²) in [6, 6.07) is 5.62. The fraction of sp³-hybridized carbons (Fsp3) is 0.125. The Bertz CT molecular complexity index is 408. The number of nitrogens with two attached hydrogens (primary N) is 2. The van der Waals surface area contributed by atoms with Gasteiger partial charge in [-0.3, -0.25) is 0 Å². The van der Waals surface area contributed by atoms with Gasteiger partial charge < -0.3 is 16.0 Å². The molecule has 0 atom stereocenters. The topological polar surface area (TPSA) is 78.1 Å². The Labute approximate surface area is 69.1 Å². The van der Waals surface area contributed by atoms with E-state index in [1.165, 1.54) is 0 Å². The van der Waals surface area contributed by atoms with Crippen LogP contribution in [-0.2, 0) is 6.54 Å². The van der Waals surface area contributed by atoms with Crippen molar-refractivity contribution in [2.24, 2.45) is 5.73 Å². The molecule has 0 spiro atoms. The van der Waals surface area contributed by atoms with Crippen molar-refractivity contribution in [3.05, 3.63) is 23.8 Å². The molecule has 1 heterocycles. The molecule has 0 aliphatic heterocycles. The molecule has 0 aliphatic rings. The monoisotopic (exact) mass is 163 g/mol. The largest absolute Gasteiger partial charge is 0.380 e. The molecule has 0 unspecified atom stereocenters. The zero-order chi connectivity index (χ0) is 8.55. The highest BCUT2D eigenvalue weighted by atomic mass is 16.5. The van der Waals surface area contributed by atoms with Crippen molar-refractivity contribution in [3.8, 4) is 0 Å². The Morgan fingerprint density at radius 1 is 1.42 bits per heavy atom. The molecule has 0 radical (unpaired) electrons. The summed E-state index contributed by atoms with van der Waals surface area (Å²) in [6.45, 7) is 0.497. The molecule has 4 heteroatoms. The first-order chi connectivity index (χ1) is 5.81. The highest BCUT2D eigenvalue weighted by Crippen LogP contribution is 2.20. The van der Waals surface area contributed by atoms with Crippen LogP contribution in [0.2, 0.25) is 0 Å². The van der Waals surface area contributed by atoms with Gasteiger partial charge in [0.1, 0.15) is 0 Å². The highest BCUT2D eigenvalue weighted by Gasteiger charge is 2.03. The number of rotatable bonds is 1. The maximum absolute atomic E-state index is 5.53. The third kappa shape index (κ3) is 0.931. The number of hydrogen-bond acceptors (Lipinski definition) is 4. The van der Waals surface area contributed by atoms with Crippen LogP contribution in [0.5, 0.6) is 0 Å². The number of nitrogen functional groups attached to an aromatic ring is 1. The van der Waals surface area contributed by atoms with Crippen molar-refractivity contribution in [2.75, 3.05) is 5.73 Å². The number of anilines is 1. The van der Waals surface area contributed by atoms with Crippen LogP contribution in [0.15, 0.2) is 22.7 Å². The summed E-state index contributed by atoms with van der Waals surface area (Å²) < 4.78 is 4.96. The van der Waals surface area contributed by atoms with Crippen molar-refractivity contribution < 1.29 is 4.52 Å². The van der Waals surface area contributed by atoms with E-state index in [4.69, 9.17) is 16.0 Å². The van der Waals surface area contributed by atoms with Gasteiger partial charge in [0.15, 0.2) is 11.4 Å². The first-order valence-electron chi connectivity index (χ1n) is 3.65. The first-order valence-corrected chi connectivity index (χ1v) is 3.65. The number of aromatic nitrogens is 1. The van der Waals surface area contributed by atoms with E-state index in [0.717, 1.165) is 10.9 Å². The van der Waals surface area contributed by atoms with E-state index >= 15 is 0 Å². The zero-order valence-electron chi connectivity index (χ0n) is 6.45. The number of hydrogen-bond donors (Lipinski definition) is 2. The van der Waals surface area contributed by atoms with E-state index < -0.39 is 0 Å². The minimum Gasteiger partial charge on any atom is -0.380 e. The quantitative estimate of drug-likeness (QED) is 0.653. The number of benzene rings is 1. The van der Waals surface area contributed by atoms with Crippen LogP contribution in [0.3, 0.4) is 0 Å². The molecule has 0 fully saturated rings. The Hall–Kier alpha value is -1.55. The SMILES string of the molecule is NCc1ccc2c(N)noc2c1. The van der Waals surface area contributed by atoms with Gasteiger partial charge in [-0.25, -0.2) is 0 Å². The van der Waals surface area contributed by atoms with E-state index in [1.54, 1.807) is 0 Å². The summed E-state index contributed by atoms with van der Waals surface area (Å²) in [4.78, 5) is 0. The predicted octanol–water partition coefficient (Wildman–Crippen LogP) is 0.869. The van der Waals surface area contributed by atoms with Gasteiger partial charge in [-0.05, 0) is 17.7 Å². The molecule has 1 aromatic carbocycles. The van der Waals surface area contributed by atoms with Crippen LogP contribution in [-0.4, -0.2) is 5.16 Å². The zero-order valence-corrected chi connectivity index (χ0v) is 6.45. The van der Waals surface area contributed by atoms with Crippen LogP contribution >= 0.6 is 0 Å². The standard InChI is InChI=1S/C8H9N3O/c9-4-5-1-2-6-7(3-5)12-11-8(6)10/h1-3H,4,9H2,(H2,10,11). The van der Waals surface area contributed by atoms with Crippen LogP contribution in [0.1, 0.15) is 5.56 Å². The van der Waals surface area contributed by atoms with Gasteiger partial charge in [-0.1, -0.05) is 11.2 Å². The second-order valence-corrected chi connectivity index (χ2v) is 2.60. The van der Waals surface area contributed by atoms with Gasteiger partial charge in [0.2, 0.25) is 0 Å². The minimum atomic E-state index is 0.425. The molecule has 12 heavy (non-hydrogen) atoms. The molecule has 2 rings (SSSR count). The molecular weight excluding hydrogens is 154 g/mol. The second kappa shape index (κ2) is 2.49. The first kappa shape index (κ1) is 7.12. The average Bonchev–Trinajstić information content (AvgIpc) is 2.47. The lowest BCUT2D eigenvalue weighted by Gasteiger charge is -1.93. The van der Waals surface area contributed by atoms with E-state index in [9.17, 15) is 0 Å². The molecule has 4 nitrogen and oxygen atoms in total. The normalized spacial score (nSPS) is 10.8. The lowest BCUT2D eigenvalue weighted by molar-refractivity contribution is 0.460. The molecular formula is C8H9N3O. The number of fused-ring (bicyclic) bond motifs is 1. The third-order valence-corrected chi connectivity index (χ3v) is 1.80. The summed E-state index contributed by atoms with van der Waals surface area (Å²) in [5.41, 5.74) is 12.7. The maximum Gasteiger partial charge on any atom is 0.174 e. The molecule has 62 valence electrons. The third-order valence-electron chi connectivity index (χ3n) is 1.80. The molecule has 4 N–H and O–H groups in total. The maximum atomic E-state index is 5.53. The van der Waals surface area contributed by atoms with Crippen LogP contribution in [0, 0.1) is 0 Å². The van der Waals surface area contributed by atoms with Crippen molar-refractivity contribution in [2.45, 2.75) is 6.54 Å². The average molecular weight is 163 g/mol. The van der Waals surface area contributed by atoms with Crippen molar-refractivity contribution in [1.29, 1.82) is 0 Å².